The number of hydrogen-bond donors (Lipinski definition) is 0. The highest BCUT2D eigenvalue weighted by Crippen LogP contribution is 2.33. The summed E-state index contributed by atoms with van der Waals surface area (Å²) in [6, 6.07) is 3.90. The van der Waals surface area contributed by atoms with E-state index < -0.39 is 11.6 Å². The highest BCUT2D eigenvalue weighted by atomic mass is 32.1. The molecule has 0 radical (unpaired) electrons. The number of piperidine rings is 1. The number of halogens is 2. The first kappa shape index (κ1) is 16.1. The molecule has 1 unspecified atom stereocenters. The average Bonchev–Trinajstić information content (AvgIpc) is 2.88. The molecule has 3 rings (SSSR count). The minimum Gasteiger partial charge on any atom is -0.335 e. The number of thiazole rings is 1. The van der Waals surface area contributed by atoms with E-state index in [2.05, 4.69) is 4.98 Å². The largest absolute Gasteiger partial charge is 0.335 e. The van der Waals surface area contributed by atoms with E-state index in [1.54, 1.807) is 6.92 Å². The van der Waals surface area contributed by atoms with Crippen LogP contribution in [0.4, 0.5) is 8.78 Å². The molecule has 6 heteroatoms. The van der Waals surface area contributed by atoms with Crippen LogP contribution in [-0.2, 0) is 0 Å². The summed E-state index contributed by atoms with van der Waals surface area (Å²) in [7, 11) is 0. The smallest absolute Gasteiger partial charge is 0.266 e. The van der Waals surface area contributed by atoms with Crippen LogP contribution in [0.25, 0.3) is 10.6 Å². The maximum absolute atomic E-state index is 13.9. The molecule has 122 valence electrons. The Labute approximate surface area is 138 Å². The van der Waals surface area contributed by atoms with Crippen LogP contribution in [-0.4, -0.2) is 28.4 Å². The number of amides is 1. The number of carbonyl (C=O) groups excluding carboxylic acids is 1. The van der Waals surface area contributed by atoms with Gasteiger partial charge in [-0.3, -0.25) is 4.79 Å². The summed E-state index contributed by atoms with van der Waals surface area (Å²) >= 11 is 1.06. The third-order valence-electron chi connectivity index (χ3n) is 4.23. The van der Waals surface area contributed by atoms with Crippen molar-refractivity contribution in [1.29, 1.82) is 0 Å². The number of likely N-dealkylation sites (tertiary alicyclic amines) is 1. The lowest BCUT2D eigenvalue weighted by atomic mass is 10.0. The molecule has 3 nitrogen and oxygen atoms in total. The van der Waals surface area contributed by atoms with Crippen molar-refractivity contribution < 1.29 is 13.6 Å². The second kappa shape index (κ2) is 6.35. The van der Waals surface area contributed by atoms with Gasteiger partial charge in [-0.15, -0.1) is 11.3 Å². The molecule has 0 aliphatic carbocycles. The van der Waals surface area contributed by atoms with E-state index in [-0.39, 0.29) is 22.5 Å². The van der Waals surface area contributed by atoms with Crippen LogP contribution in [0.3, 0.4) is 0 Å². The number of hydrogen-bond acceptors (Lipinski definition) is 3. The van der Waals surface area contributed by atoms with Crippen molar-refractivity contribution in [3.8, 4) is 10.6 Å². The van der Waals surface area contributed by atoms with Crippen molar-refractivity contribution in [2.75, 3.05) is 6.54 Å². The summed E-state index contributed by atoms with van der Waals surface area (Å²) < 4.78 is 27.9. The van der Waals surface area contributed by atoms with Gasteiger partial charge >= 0.3 is 0 Å². The van der Waals surface area contributed by atoms with Crippen molar-refractivity contribution in [2.24, 2.45) is 0 Å². The molecular weight excluding hydrogens is 318 g/mol. The van der Waals surface area contributed by atoms with Gasteiger partial charge in [0.2, 0.25) is 0 Å². The predicted molar refractivity (Wildman–Crippen MR) is 86.6 cm³/mol. The molecule has 1 atom stereocenters. The Balaban J connectivity index is 1.97. The zero-order valence-corrected chi connectivity index (χ0v) is 13.9. The Kier molecular flexibility index (Phi) is 4.43. The lowest BCUT2D eigenvalue weighted by Crippen LogP contribution is -2.41. The number of carbonyl (C=O) groups is 1. The average molecular weight is 336 g/mol. The van der Waals surface area contributed by atoms with Gasteiger partial charge in [0.25, 0.3) is 5.91 Å². The molecule has 1 amide bonds. The highest BCUT2D eigenvalue weighted by molar-refractivity contribution is 7.17. The quantitative estimate of drug-likeness (QED) is 0.814. The van der Waals surface area contributed by atoms with Gasteiger partial charge in [-0.25, -0.2) is 13.8 Å². The van der Waals surface area contributed by atoms with Gasteiger partial charge in [-0.2, -0.15) is 0 Å². The van der Waals surface area contributed by atoms with Gasteiger partial charge in [0.15, 0.2) is 0 Å². The molecule has 0 spiro atoms. The number of benzene rings is 1. The molecule has 1 aliphatic rings. The van der Waals surface area contributed by atoms with Gasteiger partial charge in [-0.05, 0) is 45.2 Å². The Hall–Kier alpha value is -1.82. The molecule has 1 fully saturated rings. The normalized spacial score (nSPS) is 18.3. The second-order valence-electron chi connectivity index (χ2n) is 5.87. The summed E-state index contributed by atoms with van der Waals surface area (Å²) in [5.41, 5.74) is 0.363. The lowest BCUT2D eigenvalue weighted by molar-refractivity contribution is 0.0639. The van der Waals surface area contributed by atoms with E-state index in [0.717, 1.165) is 37.1 Å². The monoisotopic (exact) mass is 336 g/mol. The first-order chi connectivity index (χ1) is 11.0. The first-order valence-electron chi connectivity index (χ1n) is 7.72. The van der Waals surface area contributed by atoms with Gasteiger partial charge in [0.1, 0.15) is 21.5 Å². The Morgan fingerprint density at radius 1 is 1.30 bits per heavy atom. The molecule has 2 aromatic rings. The number of aromatic nitrogens is 1. The molecule has 1 aromatic heterocycles. The van der Waals surface area contributed by atoms with E-state index in [9.17, 15) is 13.6 Å². The molecular formula is C17H18F2N2OS. The number of nitrogens with zero attached hydrogens (tertiary/aromatic N) is 2. The van der Waals surface area contributed by atoms with Crippen molar-refractivity contribution in [3.63, 3.8) is 0 Å². The van der Waals surface area contributed by atoms with Crippen LogP contribution in [0.2, 0.25) is 0 Å². The van der Waals surface area contributed by atoms with Crippen LogP contribution in [0.15, 0.2) is 18.2 Å². The predicted octanol–water partition coefficient (Wildman–Crippen LogP) is 4.41. The fourth-order valence-electron chi connectivity index (χ4n) is 2.93. The zero-order valence-electron chi connectivity index (χ0n) is 13.1. The molecule has 23 heavy (non-hydrogen) atoms. The minimum atomic E-state index is -0.663. The van der Waals surface area contributed by atoms with Crippen LogP contribution in [0, 0.1) is 18.6 Å². The standard InChI is InChI=1S/C17H18F2N2OS/c1-10-6-3-4-9-21(10)17(22)15-11(2)20-16(23-15)14-12(18)7-5-8-13(14)19/h5,7-8,10H,3-4,6,9H2,1-2H3. The van der Waals surface area contributed by atoms with Crippen LogP contribution in [0.1, 0.15) is 41.6 Å². The van der Waals surface area contributed by atoms with Gasteiger partial charge in [-0.1, -0.05) is 6.07 Å². The van der Waals surface area contributed by atoms with Crippen molar-refractivity contribution >= 4 is 17.2 Å². The van der Waals surface area contributed by atoms with Crippen molar-refractivity contribution in [1.82, 2.24) is 9.88 Å². The number of rotatable bonds is 2. The topological polar surface area (TPSA) is 33.2 Å². The Morgan fingerprint density at radius 2 is 2.00 bits per heavy atom. The third-order valence-corrected chi connectivity index (χ3v) is 5.39. The van der Waals surface area contributed by atoms with E-state index in [4.69, 9.17) is 0 Å². The van der Waals surface area contributed by atoms with Crippen LogP contribution >= 0.6 is 11.3 Å². The summed E-state index contributed by atoms with van der Waals surface area (Å²) in [6.07, 6.45) is 3.10. The molecule has 1 saturated heterocycles. The van der Waals surface area contributed by atoms with Crippen LogP contribution < -0.4 is 0 Å². The third kappa shape index (κ3) is 3.00. The van der Waals surface area contributed by atoms with E-state index in [1.165, 1.54) is 18.2 Å². The maximum atomic E-state index is 13.9. The van der Waals surface area contributed by atoms with Crippen molar-refractivity contribution in [2.45, 2.75) is 39.2 Å². The van der Waals surface area contributed by atoms with Gasteiger partial charge in [0, 0.05) is 12.6 Å². The molecule has 0 N–H and O–H groups in total. The fraction of sp³-hybridized carbons (Fsp3) is 0.412. The van der Waals surface area contributed by atoms with E-state index in [0.29, 0.717) is 10.6 Å². The fourth-order valence-corrected chi connectivity index (χ4v) is 4.01. The lowest BCUT2D eigenvalue weighted by Gasteiger charge is -2.33. The summed E-state index contributed by atoms with van der Waals surface area (Å²) in [4.78, 5) is 19.3. The Morgan fingerprint density at radius 3 is 2.65 bits per heavy atom. The summed E-state index contributed by atoms with van der Waals surface area (Å²) in [6.45, 7) is 4.46. The van der Waals surface area contributed by atoms with Crippen molar-refractivity contribution in [3.05, 3.63) is 40.4 Å². The molecule has 1 aromatic carbocycles. The molecule has 0 saturated carbocycles. The number of aryl methyl sites for hydroxylation is 1. The summed E-state index contributed by atoms with van der Waals surface area (Å²) in [5.74, 6) is -1.41. The van der Waals surface area contributed by atoms with E-state index in [1.807, 2.05) is 11.8 Å². The molecule has 0 bridgehead atoms. The van der Waals surface area contributed by atoms with Crippen LogP contribution in [0.5, 0.6) is 0 Å². The molecule has 1 aliphatic heterocycles. The first-order valence-corrected chi connectivity index (χ1v) is 8.53. The minimum absolute atomic E-state index is 0.0878. The van der Waals surface area contributed by atoms with E-state index >= 15 is 0 Å². The Bertz CT molecular complexity index is 724. The second-order valence-corrected chi connectivity index (χ2v) is 6.87. The van der Waals surface area contributed by atoms with Gasteiger partial charge in [0.05, 0.1) is 11.3 Å². The summed E-state index contributed by atoms with van der Waals surface area (Å²) in [5, 5.41) is 0.214. The maximum Gasteiger partial charge on any atom is 0.266 e. The molecule has 2 heterocycles. The zero-order chi connectivity index (χ0) is 16.6. The van der Waals surface area contributed by atoms with Gasteiger partial charge < -0.3 is 4.90 Å². The SMILES string of the molecule is Cc1nc(-c2c(F)cccc2F)sc1C(=O)N1CCCCC1C. The highest BCUT2D eigenvalue weighted by Gasteiger charge is 2.28.